The fourth-order valence-corrected chi connectivity index (χ4v) is 3.30. The largest absolute Gasteiger partial charge is 0.281 e. The van der Waals surface area contributed by atoms with Gasteiger partial charge in [-0.3, -0.25) is 5.10 Å². The molecule has 7 heteroatoms. The second-order valence-corrected chi connectivity index (χ2v) is 5.84. The minimum absolute atomic E-state index is 0.170. The highest BCUT2D eigenvalue weighted by Crippen LogP contribution is 2.19. The fraction of sp³-hybridized carbons (Fsp3) is 0.600. The number of nitrogens with one attached hydrogen (secondary N) is 1. The summed E-state index contributed by atoms with van der Waals surface area (Å²) in [6, 6.07) is 1.76. The van der Waals surface area contributed by atoms with Crippen molar-refractivity contribution in [3.05, 3.63) is 11.9 Å². The molecule has 94 valence electrons. The van der Waals surface area contributed by atoms with E-state index in [1.807, 2.05) is 6.07 Å². The number of hydrogen-bond acceptors (Lipinski definition) is 4. The van der Waals surface area contributed by atoms with Gasteiger partial charge in [0.2, 0.25) is 10.0 Å². The first-order valence-electron chi connectivity index (χ1n) is 5.30. The predicted octanol–water partition coefficient (Wildman–Crippen LogP) is 1.03. The smallest absolute Gasteiger partial charge is 0.246 e. The monoisotopic (exact) mass is 256 g/mol. The lowest BCUT2D eigenvalue weighted by atomic mass is 10.3. The summed E-state index contributed by atoms with van der Waals surface area (Å²) in [6.07, 6.45) is 1.47. The SMILES string of the molecule is Cc1[nH]ncc1S(=O)(=O)N(CCC#N)C(C)C. The van der Waals surface area contributed by atoms with Crippen LogP contribution >= 0.6 is 0 Å². The van der Waals surface area contributed by atoms with Crippen LogP contribution in [0.4, 0.5) is 0 Å². The van der Waals surface area contributed by atoms with Gasteiger partial charge in [-0.05, 0) is 20.8 Å². The number of rotatable bonds is 5. The van der Waals surface area contributed by atoms with Crippen molar-refractivity contribution in [3.8, 4) is 6.07 Å². The summed E-state index contributed by atoms with van der Waals surface area (Å²) < 4.78 is 25.9. The number of aromatic amines is 1. The van der Waals surface area contributed by atoms with Crippen LogP contribution in [0.5, 0.6) is 0 Å². The molecule has 0 spiro atoms. The van der Waals surface area contributed by atoms with E-state index in [1.54, 1.807) is 20.8 Å². The Balaban J connectivity index is 3.10. The van der Waals surface area contributed by atoms with Gasteiger partial charge < -0.3 is 0 Å². The molecule has 6 nitrogen and oxygen atoms in total. The molecule has 0 fully saturated rings. The van der Waals surface area contributed by atoms with E-state index in [1.165, 1.54) is 10.5 Å². The summed E-state index contributed by atoms with van der Waals surface area (Å²) in [5.74, 6) is 0. The Morgan fingerprint density at radius 2 is 2.24 bits per heavy atom. The topological polar surface area (TPSA) is 89.8 Å². The summed E-state index contributed by atoms with van der Waals surface area (Å²) >= 11 is 0. The quantitative estimate of drug-likeness (QED) is 0.852. The first-order chi connectivity index (χ1) is 7.91. The number of aryl methyl sites for hydroxylation is 1. The van der Waals surface area contributed by atoms with Gasteiger partial charge in [0.05, 0.1) is 18.0 Å². The zero-order valence-corrected chi connectivity index (χ0v) is 11.0. The molecule has 0 atom stereocenters. The second-order valence-electron chi connectivity index (χ2n) is 3.98. The highest BCUT2D eigenvalue weighted by Gasteiger charge is 2.28. The minimum Gasteiger partial charge on any atom is -0.281 e. The molecular weight excluding hydrogens is 240 g/mol. The molecule has 0 unspecified atom stereocenters. The third kappa shape index (κ3) is 2.84. The van der Waals surface area contributed by atoms with E-state index < -0.39 is 10.0 Å². The molecule has 0 saturated carbocycles. The van der Waals surface area contributed by atoms with Crippen molar-refractivity contribution in [1.82, 2.24) is 14.5 Å². The average Bonchev–Trinajstić information content (AvgIpc) is 2.64. The molecule has 0 aliphatic carbocycles. The van der Waals surface area contributed by atoms with Crippen molar-refractivity contribution in [2.24, 2.45) is 0 Å². The van der Waals surface area contributed by atoms with Gasteiger partial charge in [0.25, 0.3) is 0 Å². The van der Waals surface area contributed by atoms with Crippen molar-refractivity contribution in [2.45, 2.75) is 38.1 Å². The molecule has 1 N–H and O–H groups in total. The van der Waals surface area contributed by atoms with E-state index in [9.17, 15) is 8.42 Å². The second kappa shape index (κ2) is 5.29. The highest BCUT2D eigenvalue weighted by atomic mass is 32.2. The number of hydrogen-bond donors (Lipinski definition) is 1. The molecule has 0 saturated heterocycles. The zero-order chi connectivity index (χ0) is 13.1. The van der Waals surface area contributed by atoms with Gasteiger partial charge in [0.1, 0.15) is 4.90 Å². The van der Waals surface area contributed by atoms with Gasteiger partial charge >= 0.3 is 0 Å². The van der Waals surface area contributed by atoms with Crippen molar-refractivity contribution in [3.63, 3.8) is 0 Å². The first-order valence-corrected chi connectivity index (χ1v) is 6.74. The Bertz CT molecular complexity index is 513. The maximum Gasteiger partial charge on any atom is 0.246 e. The van der Waals surface area contributed by atoms with E-state index in [-0.39, 0.29) is 23.9 Å². The lowest BCUT2D eigenvalue weighted by Crippen LogP contribution is -2.37. The number of aromatic nitrogens is 2. The van der Waals surface area contributed by atoms with Gasteiger partial charge in [0.15, 0.2) is 0 Å². The van der Waals surface area contributed by atoms with Crippen LogP contribution in [-0.4, -0.2) is 35.5 Å². The van der Waals surface area contributed by atoms with Crippen LogP contribution in [0.15, 0.2) is 11.1 Å². The minimum atomic E-state index is -3.57. The molecule has 0 aliphatic rings. The Hall–Kier alpha value is -1.39. The van der Waals surface area contributed by atoms with E-state index in [4.69, 9.17) is 5.26 Å². The Kier molecular flexibility index (Phi) is 4.26. The molecular formula is C10H16N4O2S. The van der Waals surface area contributed by atoms with E-state index in [0.29, 0.717) is 5.69 Å². The summed E-state index contributed by atoms with van der Waals surface area (Å²) in [4.78, 5) is 0.170. The summed E-state index contributed by atoms with van der Waals surface area (Å²) in [7, 11) is -3.57. The van der Waals surface area contributed by atoms with Gasteiger partial charge in [-0.2, -0.15) is 14.7 Å². The predicted molar refractivity (Wildman–Crippen MR) is 62.6 cm³/mol. The van der Waals surface area contributed by atoms with Gasteiger partial charge in [0, 0.05) is 19.0 Å². The summed E-state index contributed by atoms with van der Waals surface area (Å²) in [5.41, 5.74) is 0.507. The third-order valence-corrected chi connectivity index (χ3v) is 4.58. The number of nitrogens with zero attached hydrogens (tertiary/aromatic N) is 3. The summed E-state index contributed by atoms with van der Waals surface area (Å²) in [6.45, 7) is 5.42. The van der Waals surface area contributed by atoms with Crippen LogP contribution in [0, 0.1) is 18.3 Å². The third-order valence-electron chi connectivity index (χ3n) is 2.39. The van der Waals surface area contributed by atoms with Crippen LogP contribution in [0.1, 0.15) is 26.0 Å². The van der Waals surface area contributed by atoms with Crippen molar-refractivity contribution in [1.29, 1.82) is 5.26 Å². The molecule has 1 aromatic heterocycles. The Labute approximate surface area is 101 Å². The molecule has 0 aliphatic heterocycles. The van der Waals surface area contributed by atoms with Crippen molar-refractivity contribution >= 4 is 10.0 Å². The first kappa shape index (κ1) is 13.7. The van der Waals surface area contributed by atoms with Gasteiger partial charge in [-0.15, -0.1) is 0 Å². The van der Waals surface area contributed by atoms with Gasteiger partial charge in [-0.1, -0.05) is 0 Å². The van der Waals surface area contributed by atoms with E-state index >= 15 is 0 Å². The fourth-order valence-electron chi connectivity index (χ4n) is 1.54. The number of sulfonamides is 1. The molecule has 1 rings (SSSR count). The molecule has 0 amide bonds. The molecule has 0 radical (unpaired) electrons. The zero-order valence-electron chi connectivity index (χ0n) is 10.1. The van der Waals surface area contributed by atoms with Crippen LogP contribution in [0.3, 0.4) is 0 Å². The van der Waals surface area contributed by atoms with E-state index in [0.717, 1.165) is 0 Å². The molecule has 0 bridgehead atoms. The van der Waals surface area contributed by atoms with Crippen molar-refractivity contribution in [2.75, 3.05) is 6.54 Å². The lowest BCUT2D eigenvalue weighted by Gasteiger charge is -2.24. The number of nitriles is 1. The number of H-pyrrole nitrogens is 1. The standard InChI is InChI=1S/C10H16N4O2S/c1-8(2)14(6-4-5-11)17(15,16)10-7-12-13-9(10)3/h7-8H,4,6H2,1-3H3,(H,12,13). The van der Waals surface area contributed by atoms with Crippen LogP contribution in [0.25, 0.3) is 0 Å². The van der Waals surface area contributed by atoms with Gasteiger partial charge in [-0.25, -0.2) is 8.42 Å². The normalized spacial score (nSPS) is 12.0. The Morgan fingerprint density at radius 3 is 2.65 bits per heavy atom. The van der Waals surface area contributed by atoms with E-state index in [2.05, 4.69) is 10.2 Å². The summed E-state index contributed by atoms with van der Waals surface area (Å²) in [5, 5.41) is 14.9. The maximum absolute atomic E-state index is 12.3. The van der Waals surface area contributed by atoms with Crippen molar-refractivity contribution < 1.29 is 8.42 Å². The lowest BCUT2D eigenvalue weighted by molar-refractivity contribution is 0.360. The Morgan fingerprint density at radius 1 is 1.59 bits per heavy atom. The molecule has 1 aromatic rings. The van der Waals surface area contributed by atoms with Crippen LogP contribution in [-0.2, 0) is 10.0 Å². The van der Waals surface area contributed by atoms with Crippen LogP contribution in [0.2, 0.25) is 0 Å². The molecule has 0 aromatic carbocycles. The molecule has 17 heavy (non-hydrogen) atoms. The van der Waals surface area contributed by atoms with Crippen LogP contribution < -0.4 is 0 Å². The molecule has 1 heterocycles. The average molecular weight is 256 g/mol. The highest BCUT2D eigenvalue weighted by molar-refractivity contribution is 7.89. The maximum atomic E-state index is 12.3.